The van der Waals surface area contributed by atoms with Crippen LogP contribution in [0.15, 0.2) is 208 Å². The molecule has 0 radical (unpaired) electrons. The molecular weight excluding hydrogens is 707 g/mol. The van der Waals surface area contributed by atoms with Crippen LogP contribution < -0.4 is 0 Å². The van der Waals surface area contributed by atoms with Gasteiger partial charge in [0.2, 0.25) is 0 Å². The van der Waals surface area contributed by atoms with Gasteiger partial charge in [-0.3, -0.25) is 0 Å². The fourth-order valence-electron chi connectivity index (χ4n) is 7.89. The molecule has 0 amide bonds. The predicted octanol–water partition coefficient (Wildman–Crippen LogP) is 14.0. The smallest absolute Gasteiger partial charge is 0.160 e. The summed E-state index contributed by atoms with van der Waals surface area (Å²) in [7, 11) is 0. The third-order valence-corrected chi connectivity index (χ3v) is 13.1. The third-order valence-electron chi connectivity index (χ3n) is 10.5. The molecule has 258 valence electrons. The molecule has 0 N–H and O–H groups in total. The van der Waals surface area contributed by atoms with E-state index in [-0.39, 0.29) is 0 Å². The second-order valence-corrected chi connectivity index (χ2v) is 15.9. The van der Waals surface area contributed by atoms with Gasteiger partial charge in [-0.2, -0.15) is 0 Å². The van der Waals surface area contributed by atoms with Crippen molar-refractivity contribution in [2.75, 3.05) is 0 Å². The summed E-state index contributed by atoms with van der Waals surface area (Å²) in [5, 5.41) is 5.18. The van der Waals surface area contributed by atoms with Gasteiger partial charge in [0.25, 0.3) is 0 Å². The summed E-state index contributed by atoms with van der Waals surface area (Å²) >= 11 is 3.79. The minimum Gasteiger partial charge on any atom is -0.308 e. The lowest BCUT2D eigenvalue weighted by Crippen LogP contribution is -1.99. The van der Waals surface area contributed by atoms with Gasteiger partial charge in [0.15, 0.2) is 5.82 Å². The summed E-state index contributed by atoms with van der Waals surface area (Å²) in [6.07, 6.45) is 0. The maximum Gasteiger partial charge on any atom is 0.160 e. The van der Waals surface area contributed by atoms with Gasteiger partial charge in [-0.25, -0.2) is 9.97 Å². The molecule has 0 unspecified atom stereocenters. The SMILES string of the molecule is c1ccc(-c2cc(-c3ccccc3)nc(-c3cccc(-c4ccc(-n5c6ccccc6c6c7ccccc7c7c(c65)Sc5ccccc5S7)cc4)c3)n2)cc1. The topological polar surface area (TPSA) is 30.7 Å². The van der Waals surface area contributed by atoms with Gasteiger partial charge in [0, 0.05) is 47.8 Å². The molecule has 1 aliphatic heterocycles. The van der Waals surface area contributed by atoms with Gasteiger partial charge in [-0.05, 0) is 64.4 Å². The van der Waals surface area contributed by atoms with Crippen LogP contribution in [-0.4, -0.2) is 14.5 Å². The Kier molecular flexibility index (Phi) is 7.68. The highest BCUT2D eigenvalue weighted by molar-refractivity contribution is 8.05. The molecule has 0 aliphatic carbocycles. The predicted molar refractivity (Wildman–Crippen MR) is 230 cm³/mol. The number of hydrogen-bond acceptors (Lipinski definition) is 4. The van der Waals surface area contributed by atoms with Crippen molar-refractivity contribution < 1.29 is 0 Å². The zero-order valence-corrected chi connectivity index (χ0v) is 31.2. The molecule has 0 fully saturated rings. The molecule has 11 rings (SSSR count). The summed E-state index contributed by atoms with van der Waals surface area (Å²) in [6.45, 7) is 0. The van der Waals surface area contributed by atoms with E-state index in [0.29, 0.717) is 5.82 Å². The van der Waals surface area contributed by atoms with Crippen LogP contribution in [0.25, 0.3) is 83.3 Å². The number of rotatable bonds is 5. The molecular formula is C50H31N3S2. The minimum atomic E-state index is 0.706. The van der Waals surface area contributed by atoms with Gasteiger partial charge in [0.05, 0.1) is 27.3 Å². The summed E-state index contributed by atoms with van der Waals surface area (Å²) in [6, 6.07) is 66.9. The molecule has 5 heteroatoms. The molecule has 8 aromatic carbocycles. The molecule has 0 saturated carbocycles. The number of benzene rings is 8. The molecule has 3 heterocycles. The molecule has 1 aliphatic rings. The lowest BCUT2D eigenvalue weighted by Gasteiger charge is -2.22. The number of nitrogens with zero attached hydrogens (tertiary/aromatic N) is 3. The molecule has 0 saturated heterocycles. The summed E-state index contributed by atoms with van der Waals surface area (Å²) in [5.41, 5.74) is 10.8. The molecule has 0 bridgehead atoms. The number of hydrogen-bond donors (Lipinski definition) is 0. The van der Waals surface area contributed by atoms with Crippen molar-refractivity contribution in [3.63, 3.8) is 0 Å². The van der Waals surface area contributed by atoms with Crippen LogP contribution in [0.4, 0.5) is 0 Å². The first-order chi connectivity index (χ1) is 27.3. The van der Waals surface area contributed by atoms with E-state index in [2.05, 4.69) is 180 Å². The van der Waals surface area contributed by atoms with E-state index < -0.39 is 0 Å². The van der Waals surface area contributed by atoms with E-state index >= 15 is 0 Å². The van der Waals surface area contributed by atoms with E-state index in [1.54, 1.807) is 0 Å². The Morgan fingerprint density at radius 3 is 1.62 bits per heavy atom. The first-order valence-corrected chi connectivity index (χ1v) is 20.0. The van der Waals surface area contributed by atoms with Crippen LogP contribution in [0.2, 0.25) is 0 Å². The van der Waals surface area contributed by atoms with Crippen LogP contribution >= 0.6 is 23.5 Å². The van der Waals surface area contributed by atoms with Crippen LogP contribution in [0.5, 0.6) is 0 Å². The first kappa shape index (κ1) is 32.1. The van der Waals surface area contributed by atoms with Gasteiger partial charge < -0.3 is 4.57 Å². The second kappa shape index (κ2) is 13.2. The average Bonchev–Trinajstić information content (AvgIpc) is 3.62. The van der Waals surface area contributed by atoms with Crippen molar-refractivity contribution >= 4 is 56.1 Å². The first-order valence-electron chi connectivity index (χ1n) is 18.4. The van der Waals surface area contributed by atoms with Gasteiger partial charge in [-0.1, -0.05) is 169 Å². The highest BCUT2D eigenvalue weighted by atomic mass is 32.2. The average molecular weight is 738 g/mol. The third kappa shape index (κ3) is 5.46. The Balaban J connectivity index is 1.04. The van der Waals surface area contributed by atoms with Crippen LogP contribution in [0.1, 0.15) is 0 Å². The van der Waals surface area contributed by atoms with E-state index in [9.17, 15) is 0 Å². The molecule has 2 aromatic heterocycles. The Hall–Kier alpha value is -6.40. The molecule has 55 heavy (non-hydrogen) atoms. The fourth-order valence-corrected chi connectivity index (χ4v) is 10.4. The molecule has 0 atom stereocenters. The maximum atomic E-state index is 5.09. The highest BCUT2D eigenvalue weighted by Gasteiger charge is 2.27. The molecule has 0 spiro atoms. The van der Waals surface area contributed by atoms with Crippen molar-refractivity contribution in [3.05, 3.63) is 188 Å². The number of fused-ring (bicyclic) bond motifs is 9. The van der Waals surface area contributed by atoms with E-state index in [0.717, 1.165) is 44.9 Å². The van der Waals surface area contributed by atoms with Crippen molar-refractivity contribution in [2.45, 2.75) is 19.6 Å². The van der Waals surface area contributed by atoms with Crippen LogP contribution in [0, 0.1) is 0 Å². The van der Waals surface area contributed by atoms with Crippen LogP contribution in [0.3, 0.4) is 0 Å². The zero-order chi connectivity index (χ0) is 36.3. The molecule has 3 nitrogen and oxygen atoms in total. The Morgan fingerprint density at radius 2 is 0.927 bits per heavy atom. The van der Waals surface area contributed by atoms with E-state index in [4.69, 9.17) is 9.97 Å². The van der Waals surface area contributed by atoms with Gasteiger partial charge >= 0.3 is 0 Å². The normalized spacial score (nSPS) is 12.2. The number of para-hydroxylation sites is 1. The highest BCUT2D eigenvalue weighted by Crippen LogP contribution is 2.55. The van der Waals surface area contributed by atoms with Crippen molar-refractivity contribution in [1.82, 2.24) is 14.5 Å². The standard InChI is InChI=1S/C50H31N3S2/c1-3-14-33(15-4-1)41-31-42(34-16-5-2-6-17-34)52-50(51-41)36-19-13-18-35(30-36)32-26-28-37(29-27-32)53-43-23-10-9-22-40(43)46-38-20-7-8-21-39(38)48-49(47(46)53)55-45-25-12-11-24-44(45)54-48/h1-31H. The summed E-state index contributed by atoms with van der Waals surface area (Å²) in [5.74, 6) is 0.706. The summed E-state index contributed by atoms with van der Waals surface area (Å²) in [4.78, 5) is 15.5. The maximum absolute atomic E-state index is 5.09. The second-order valence-electron chi connectivity index (χ2n) is 13.8. The minimum absolute atomic E-state index is 0.706. The largest absolute Gasteiger partial charge is 0.308 e. The monoisotopic (exact) mass is 737 g/mol. The van der Waals surface area contributed by atoms with Gasteiger partial charge in [0.1, 0.15) is 0 Å². The van der Waals surface area contributed by atoms with E-state index in [1.165, 1.54) is 52.2 Å². The van der Waals surface area contributed by atoms with Gasteiger partial charge in [-0.15, -0.1) is 0 Å². The molecule has 10 aromatic rings. The van der Waals surface area contributed by atoms with Crippen LogP contribution in [-0.2, 0) is 0 Å². The number of aromatic nitrogens is 3. The lowest BCUT2D eigenvalue weighted by atomic mass is 10.0. The fraction of sp³-hybridized carbons (Fsp3) is 0. The Morgan fingerprint density at radius 1 is 0.382 bits per heavy atom. The van der Waals surface area contributed by atoms with Crippen molar-refractivity contribution in [1.29, 1.82) is 0 Å². The zero-order valence-electron chi connectivity index (χ0n) is 29.6. The van der Waals surface area contributed by atoms with E-state index in [1.807, 2.05) is 35.7 Å². The van der Waals surface area contributed by atoms with Crippen molar-refractivity contribution in [3.8, 4) is 50.7 Å². The Bertz CT molecular complexity index is 3020. The van der Waals surface area contributed by atoms with Crippen molar-refractivity contribution in [2.24, 2.45) is 0 Å². The Labute approximate surface area is 327 Å². The lowest BCUT2D eigenvalue weighted by molar-refractivity contribution is 1.12. The summed E-state index contributed by atoms with van der Waals surface area (Å²) < 4.78 is 2.48. The quantitative estimate of drug-likeness (QED) is 0.176.